The van der Waals surface area contributed by atoms with E-state index in [2.05, 4.69) is 5.32 Å². The summed E-state index contributed by atoms with van der Waals surface area (Å²) in [7, 11) is 3.91. The zero-order valence-corrected chi connectivity index (χ0v) is 13.3. The summed E-state index contributed by atoms with van der Waals surface area (Å²) in [6.45, 7) is 6.05. The lowest BCUT2D eigenvalue weighted by Crippen LogP contribution is -2.36. The molecule has 0 bridgehead atoms. The van der Waals surface area contributed by atoms with Gasteiger partial charge in [0.05, 0.1) is 11.8 Å². The quantitative estimate of drug-likeness (QED) is 0.780. The Labute approximate surface area is 126 Å². The molecule has 118 valence electrons. The van der Waals surface area contributed by atoms with E-state index < -0.39 is 0 Å². The van der Waals surface area contributed by atoms with Gasteiger partial charge in [0.2, 0.25) is 5.91 Å². The number of nitrogens with one attached hydrogen (secondary N) is 1. The molecular formula is C15H25N3O3. The third kappa shape index (κ3) is 5.59. The Morgan fingerprint density at radius 1 is 1.29 bits per heavy atom. The molecule has 0 radical (unpaired) electrons. The maximum absolute atomic E-state index is 12.3. The molecule has 0 aliphatic carbocycles. The van der Waals surface area contributed by atoms with Crippen molar-refractivity contribution in [3.8, 4) is 0 Å². The van der Waals surface area contributed by atoms with Crippen molar-refractivity contribution in [1.82, 2.24) is 15.1 Å². The van der Waals surface area contributed by atoms with Gasteiger partial charge < -0.3 is 19.5 Å². The van der Waals surface area contributed by atoms with Crippen molar-refractivity contribution in [3.63, 3.8) is 0 Å². The molecule has 1 aromatic rings. The topological polar surface area (TPSA) is 65.8 Å². The average molecular weight is 295 g/mol. The minimum absolute atomic E-state index is 0.0352. The lowest BCUT2D eigenvalue weighted by molar-refractivity contribution is -0.121. The number of hydrogen-bond donors (Lipinski definition) is 1. The van der Waals surface area contributed by atoms with Crippen LogP contribution in [0.15, 0.2) is 16.7 Å². The highest BCUT2D eigenvalue weighted by atomic mass is 16.3. The summed E-state index contributed by atoms with van der Waals surface area (Å²) in [5.41, 5.74) is 0.560. The van der Waals surface area contributed by atoms with Crippen LogP contribution in [0.1, 0.15) is 29.5 Å². The smallest absolute Gasteiger partial charge is 0.257 e. The predicted molar refractivity (Wildman–Crippen MR) is 81.2 cm³/mol. The van der Waals surface area contributed by atoms with Crippen molar-refractivity contribution < 1.29 is 14.0 Å². The molecule has 1 N–H and O–H groups in total. The van der Waals surface area contributed by atoms with Gasteiger partial charge in [0.1, 0.15) is 5.76 Å². The van der Waals surface area contributed by atoms with Gasteiger partial charge in [-0.2, -0.15) is 0 Å². The zero-order valence-electron chi connectivity index (χ0n) is 13.3. The van der Waals surface area contributed by atoms with Crippen LogP contribution in [-0.4, -0.2) is 61.9 Å². The number of rotatable bonds is 8. The van der Waals surface area contributed by atoms with E-state index in [0.717, 1.165) is 6.54 Å². The monoisotopic (exact) mass is 295 g/mol. The van der Waals surface area contributed by atoms with Crippen molar-refractivity contribution in [2.45, 2.75) is 20.3 Å². The first-order valence-corrected chi connectivity index (χ1v) is 7.20. The molecule has 0 aliphatic rings. The van der Waals surface area contributed by atoms with Crippen LogP contribution in [0.2, 0.25) is 0 Å². The molecule has 0 spiro atoms. The van der Waals surface area contributed by atoms with Gasteiger partial charge in [0.15, 0.2) is 0 Å². The first kappa shape index (κ1) is 17.2. The number of carbonyl (C=O) groups excluding carboxylic acids is 2. The van der Waals surface area contributed by atoms with Crippen molar-refractivity contribution in [2.75, 3.05) is 40.3 Å². The van der Waals surface area contributed by atoms with E-state index in [1.807, 2.05) is 25.9 Å². The third-order valence-electron chi connectivity index (χ3n) is 3.25. The summed E-state index contributed by atoms with van der Waals surface area (Å²) in [5.74, 6) is 0.478. The summed E-state index contributed by atoms with van der Waals surface area (Å²) in [6, 6.07) is 1.66. The van der Waals surface area contributed by atoms with Gasteiger partial charge in [0.25, 0.3) is 5.91 Å². The van der Waals surface area contributed by atoms with Gasteiger partial charge in [-0.05, 0) is 34.0 Å². The number of hydrogen-bond acceptors (Lipinski definition) is 4. The Morgan fingerprint density at radius 2 is 2.00 bits per heavy atom. The molecule has 0 fully saturated rings. The van der Waals surface area contributed by atoms with Crippen molar-refractivity contribution in [2.24, 2.45) is 0 Å². The molecule has 0 unspecified atom stereocenters. The fraction of sp³-hybridized carbons (Fsp3) is 0.600. The van der Waals surface area contributed by atoms with Gasteiger partial charge in [-0.3, -0.25) is 9.59 Å². The predicted octanol–water partition coefficient (Wildman–Crippen LogP) is 1.12. The Bertz CT molecular complexity index is 468. The minimum atomic E-state index is -0.0927. The van der Waals surface area contributed by atoms with Gasteiger partial charge in [0, 0.05) is 32.6 Å². The first-order chi connectivity index (χ1) is 9.95. The number of carbonyl (C=O) groups is 2. The molecule has 0 aromatic carbocycles. The molecule has 0 aliphatic heterocycles. The second kappa shape index (κ2) is 8.46. The normalized spacial score (nSPS) is 10.7. The van der Waals surface area contributed by atoms with Crippen LogP contribution in [-0.2, 0) is 4.79 Å². The molecule has 0 saturated heterocycles. The van der Waals surface area contributed by atoms with E-state index in [4.69, 9.17) is 4.42 Å². The standard InChI is InChI=1S/C15H25N3O3/c1-5-18(15(20)13-7-11-21-12(13)2)9-6-14(19)16-8-10-17(3)4/h7,11H,5-6,8-10H2,1-4H3,(H,16,19). The van der Waals surface area contributed by atoms with Gasteiger partial charge >= 0.3 is 0 Å². The van der Waals surface area contributed by atoms with Gasteiger partial charge in [-0.15, -0.1) is 0 Å². The third-order valence-corrected chi connectivity index (χ3v) is 3.25. The van der Waals surface area contributed by atoms with Crippen LogP contribution in [0.5, 0.6) is 0 Å². The molecule has 1 heterocycles. The first-order valence-electron chi connectivity index (χ1n) is 7.20. The van der Waals surface area contributed by atoms with Crippen molar-refractivity contribution in [3.05, 3.63) is 23.7 Å². The van der Waals surface area contributed by atoms with Crippen LogP contribution in [0.4, 0.5) is 0 Å². The number of likely N-dealkylation sites (N-methyl/N-ethyl adjacent to an activating group) is 1. The lowest BCUT2D eigenvalue weighted by Gasteiger charge is -2.20. The second-order valence-corrected chi connectivity index (χ2v) is 5.18. The Balaban J connectivity index is 2.42. The van der Waals surface area contributed by atoms with E-state index in [0.29, 0.717) is 37.4 Å². The molecule has 2 amide bonds. The highest BCUT2D eigenvalue weighted by Crippen LogP contribution is 2.12. The van der Waals surface area contributed by atoms with Crippen molar-refractivity contribution in [1.29, 1.82) is 0 Å². The molecule has 1 aromatic heterocycles. The molecule has 6 nitrogen and oxygen atoms in total. The van der Waals surface area contributed by atoms with Crippen molar-refractivity contribution >= 4 is 11.8 Å². The summed E-state index contributed by atoms with van der Waals surface area (Å²) < 4.78 is 5.15. The maximum atomic E-state index is 12.3. The van der Waals surface area contributed by atoms with Crippen LogP contribution >= 0.6 is 0 Å². The zero-order chi connectivity index (χ0) is 15.8. The van der Waals surface area contributed by atoms with Gasteiger partial charge in [-0.25, -0.2) is 0 Å². The molecule has 6 heteroatoms. The van der Waals surface area contributed by atoms with Crippen LogP contribution < -0.4 is 5.32 Å². The van der Waals surface area contributed by atoms with E-state index in [9.17, 15) is 9.59 Å². The summed E-state index contributed by atoms with van der Waals surface area (Å²) in [5, 5.41) is 2.84. The molecular weight excluding hydrogens is 270 g/mol. The fourth-order valence-corrected chi connectivity index (χ4v) is 1.92. The number of nitrogens with zero attached hydrogens (tertiary/aromatic N) is 2. The largest absolute Gasteiger partial charge is 0.469 e. The van der Waals surface area contributed by atoms with E-state index in [1.54, 1.807) is 17.9 Å². The van der Waals surface area contributed by atoms with E-state index in [1.165, 1.54) is 6.26 Å². The van der Waals surface area contributed by atoms with Crippen LogP contribution in [0.25, 0.3) is 0 Å². The number of aryl methyl sites for hydroxylation is 1. The molecule has 21 heavy (non-hydrogen) atoms. The van der Waals surface area contributed by atoms with Gasteiger partial charge in [-0.1, -0.05) is 0 Å². The van der Waals surface area contributed by atoms with E-state index >= 15 is 0 Å². The summed E-state index contributed by atoms with van der Waals surface area (Å²) in [6.07, 6.45) is 1.81. The van der Waals surface area contributed by atoms with Crippen LogP contribution in [0, 0.1) is 6.92 Å². The Hall–Kier alpha value is -1.82. The maximum Gasteiger partial charge on any atom is 0.257 e. The molecule has 0 saturated carbocycles. The van der Waals surface area contributed by atoms with Crippen LogP contribution in [0.3, 0.4) is 0 Å². The Kier molecular flexibility index (Phi) is 6.94. The molecule has 1 rings (SSSR count). The number of furan rings is 1. The summed E-state index contributed by atoms with van der Waals surface area (Å²) >= 11 is 0. The second-order valence-electron chi connectivity index (χ2n) is 5.18. The SMILES string of the molecule is CCN(CCC(=O)NCCN(C)C)C(=O)c1ccoc1C. The highest BCUT2D eigenvalue weighted by molar-refractivity contribution is 5.95. The minimum Gasteiger partial charge on any atom is -0.469 e. The highest BCUT2D eigenvalue weighted by Gasteiger charge is 2.18. The summed E-state index contributed by atoms with van der Waals surface area (Å²) in [4.78, 5) is 27.7. The Morgan fingerprint density at radius 3 is 2.52 bits per heavy atom. The van der Waals surface area contributed by atoms with E-state index in [-0.39, 0.29) is 11.8 Å². The number of amides is 2. The lowest BCUT2D eigenvalue weighted by atomic mass is 10.2. The molecule has 0 atom stereocenters. The average Bonchev–Trinajstić information content (AvgIpc) is 2.85. The fourth-order valence-electron chi connectivity index (χ4n) is 1.92.